The van der Waals surface area contributed by atoms with E-state index in [9.17, 15) is 0 Å². The van der Waals surface area contributed by atoms with Crippen LogP contribution in [0.3, 0.4) is 0 Å². The van der Waals surface area contributed by atoms with Crippen LogP contribution in [0.25, 0.3) is 0 Å². The van der Waals surface area contributed by atoms with Crippen LogP contribution >= 0.6 is 0 Å². The van der Waals surface area contributed by atoms with Gasteiger partial charge in [0, 0.05) is 13.0 Å². The summed E-state index contributed by atoms with van der Waals surface area (Å²) < 4.78 is 0. The molecule has 1 fully saturated rings. The second-order valence-electron chi connectivity index (χ2n) is 3.76. The molecular formula is C12H16N2O. The summed E-state index contributed by atoms with van der Waals surface area (Å²) in [5.74, 6) is 0.609. The Hall–Kier alpha value is -1.35. The average molecular weight is 204 g/mol. The summed E-state index contributed by atoms with van der Waals surface area (Å²) in [6.07, 6.45) is 3.08. The average Bonchev–Trinajstić information content (AvgIpc) is 2.29. The van der Waals surface area contributed by atoms with Crippen LogP contribution in [-0.2, 0) is 11.4 Å². The maximum atomic E-state index is 7.71. The fraction of sp³-hybridized carbons (Fsp3) is 0.417. The van der Waals surface area contributed by atoms with Gasteiger partial charge in [0.25, 0.3) is 0 Å². The summed E-state index contributed by atoms with van der Waals surface area (Å²) in [5.41, 5.74) is 1.15. The number of hydrogen-bond acceptors (Lipinski definition) is 2. The molecule has 0 aromatic heterocycles. The van der Waals surface area contributed by atoms with E-state index < -0.39 is 0 Å². The highest BCUT2D eigenvalue weighted by atomic mass is 16.7. The largest absolute Gasteiger partial charge is 0.287 e. The van der Waals surface area contributed by atoms with Gasteiger partial charge in [0.1, 0.15) is 5.84 Å². The molecule has 0 unspecified atom stereocenters. The number of amidine groups is 1. The van der Waals surface area contributed by atoms with Gasteiger partial charge in [0.15, 0.2) is 0 Å². The summed E-state index contributed by atoms with van der Waals surface area (Å²) >= 11 is 0. The number of nitrogens with one attached hydrogen (secondary N) is 1. The van der Waals surface area contributed by atoms with Crippen molar-refractivity contribution in [2.75, 3.05) is 6.54 Å². The summed E-state index contributed by atoms with van der Waals surface area (Å²) in [5, 5.41) is 9.43. The minimum Gasteiger partial charge on any atom is -0.287 e. The fourth-order valence-corrected chi connectivity index (χ4v) is 1.68. The van der Waals surface area contributed by atoms with Gasteiger partial charge in [-0.1, -0.05) is 30.3 Å². The minimum absolute atomic E-state index is 0.559. The van der Waals surface area contributed by atoms with Crippen molar-refractivity contribution in [2.24, 2.45) is 0 Å². The monoisotopic (exact) mass is 204 g/mol. The highest BCUT2D eigenvalue weighted by Gasteiger charge is 2.15. The van der Waals surface area contributed by atoms with E-state index in [4.69, 9.17) is 10.2 Å². The van der Waals surface area contributed by atoms with Crippen molar-refractivity contribution in [3.05, 3.63) is 35.9 Å². The van der Waals surface area contributed by atoms with Crippen LogP contribution < -0.4 is 0 Å². The molecule has 0 atom stereocenters. The molecule has 15 heavy (non-hydrogen) atoms. The first kappa shape index (κ1) is 10.2. The van der Waals surface area contributed by atoms with Crippen LogP contribution in [-0.4, -0.2) is 17.4 Å². The van der Waals surface area contributed by atoms with Crippen LogP contribution in [0.1, 0.15) is 24.8 Å². The normalized spacial score (nSPS) is 16.8. The van der Waals surface area contributed by atoms with Crippen LogP contribution in [0.15, 0.2) is 30.3 Å². The molecule has 1 aromatic rings. The lowest BCUT2D eigenvalue weighted by molar-refractivity contribution is -0.118. The molecule has 0 radical (unpaired) electrons. The summed E-state index contributed by atoms with van der Waals surface area (Å²) in [6, 6.07) is 10.1. The van der Waals surface area contributed by atoms with Gasteiger partial charge < -0.3 is 0 Å². The number of piperidine rings is 1. The molecule has 0 aliphatic carbocycles. The second kappa shape index (κ2) is 4.94. The Balaban J connectivity index is 1.85. The smallest absolute Gasteiger partial charge is 0.121 e. The highest BCUT2D eigenvalue weighted by molar-refractivity contribution is 5.78. The highest BCUT2D eigenvalue weighted by Crippen LogP contribution is 2.12. The Morgan fingerprint density at radius 1 is 1.20 bits per heavy atom. The van der Waals surface area contributed by atoms with E-state index in [0.717, 1.165) is 31.4 Å². The Morgan fingerprint density at radius 3 is 2.73 bits per heavy atom. The number of nitrogens with zero attached hydrogens (tertiary/aromatic N) is 1. The molecule has 1 aliphatic rings. The zero-order valence-corrected chi connectivity index (χ0v) is 8.78. The van der Waals surface area contributed by atoms with Crippen molar-refractivity contribution in [1.29, 1.82) is 5.41 Å². The molecule has 3 heteroatoms. The SMILES string of the molecule is N=C1CCCCN1OCc1ccccc1. The van der Waals surface area contributed by atoms with Crippen molar-refractivity contribution < 1.29 is 4.84 Å². The Kier molecular flexibility index (Phi) is 3.35. The summed E-state index contributed by atoms with van der Waals surface area (Å²) in [4.78, 5) is 5.59. The predicted molar refractivity (Wildman–Crippen MR) is 59.5 cm³/mol. The lowest BCUT2D eigenvalue weighted by Crippen LogP contribution is -2.34. The molecule has 3 nitrogen and oxygen atoms in total. The maximum Gasteiger partial charge on any atom is 0.121 e. The molecule has 1 aliphatic heterocycles. The third-order valence-electron chi connectivity index (χ3n) is 2.56. The zero-order valence-electron chi connectivity index (χ0n) is 8.78. The molecule has 0 amide bonds. The van der Waals surface area contributed by atoms with Gasteiger partial charge in [0.05, 0.1) is 6.61 Å². The van der Waals surface area contributed by atoms with Crippen LogP contribution in [0.5, 0.6) is 0 Å². The van der Waals surface area contributed by atoms with E-state index >= 15 is 0 Å². The van der Waals surface area contributed by atoms with Crippen molar-refractivity contribution in [3.63, 3.8) is 0 Å². The lowest BCUT2D eigenvalue weighted by Gasteiger charge is -2.27. The molecule has 2 rings (SSSR count). The van der Waals surface area contributed by atoms with Crippen LogP contribution in [0.4, 0.5) is 0 Å². The van der Waals surface area contributed by atoms with Gasteiger partial charge in [-0.2, -0.15) is 0 Å². The molecular weight excluding hydrogens is 188 g/mol. The summed E-state index contributed by atoms with van der Waals surface area (Å²) in [7, 11) is 0. The van der Waals surface area contributed by atoms with Crippen LogP contribution in [0.2, 0.25) is 0 Å². The topological polar surface area (TPSA) is 36.3 Å². The number of hydroxylamine groups is 2. The van der Waals surface area contributed by atoms with Crippen molar-refractivity contribution in [1.82, 2.24) is 5.06 Å². The quantitative estimate of drug-likeness (QED) is 0.821. The van der Waals surface area contributed by atoms with E-state index in [2.05, 4.69) is 0 Å². The van der Waals surface area contributed by atoms with Crippen LogP contribution in [0, 0.1) is 5.41 Å². The Bertz CT molecular complexity index is 324. The number of benzene rings is 1. The van der Waals surface area contributed by atoms with Gasteiger partial charge in [-0.15, -0.1) is 0 Å². The van der Waals surface area contributed by atoms with Gasteiger partial charge in [-0.25, -0.2) is 5.06 Å². The fourth-order valence-electron chi connectivity index (χ4n) is 1.68. The predicted octanol–water partition coefficient (Wildman–Crippen LogP) is 2.58. The third kappa shape index (κ3) is 2.80. The van der Waals surface area contributed by atoms with E-state index in [0.29, 0.717) is 12.4 Å². The molecule has 0 spiro atoms. The van der Waals surface area contributed by atoms with Gasteiger partial charge in [-0.3, -0.25) is 10.2 Å². The molecule has 1 saturated heterocycles. The van der Waals surface area contributed by atoms with E-state index in [1.54, 1.807) is 5.06 Å². The van der Waals surface area contributed by atoms with E-state index in [1.165, 1.54) is 0 Å². The number of rotatable bonds is 3. The lowest BCUT2D eigenvalue weighted by atomic mass is 10.1. The first-order valence-electron chi connectivity index (χ1n) is 5.38. The maximum absolute atomic E-state index is 7.71. The second-order valence-corrected chi connectivity index (χ2v) is 3.76. The molecule has 0 saturated carbocycles. The molecule has 1 heterocycles. The standard InChI is InChI=1S/C12H16N2O/c13-12-8-4-5-9-14(12)15-10-11-6-2-1-3-7-11/h1-3,6-7,13H,4-5,8-10H2. The van der Waals surface area contributed by atoms with Gasteiger partial charge in [-0.05, 0) is 18.4 Å². The van der Waals surface area contributed by atoms with Crippen molar-refractivity contribution in [2.45, 2.75) is 25.9 Å². The van der Waals surface area contributed by atoms with Gasteiger partial charge >= 0.3 is 0 Å². The first-order chi connectivity index (χ1) is 7.36. The van der Waals surface area contributed by atoms with Crippen molar-refractivity contribution in [3.8, 4) is 0 Å². The Morgan fingerprint density at radius 2 is 2.00 bits per heavy atom. The minimum atomic E-state index is 0.559. The third-order valence-corrected chi connectivity index (χ3v) is 2.56. The van der Waals surface area contributed by atoms with E-state index in [1.807, 2.05) is 30.3 Å². The molecule has 1 N–H and O–H groups in total. The van der Waals surface area contributed by atoms with E-state index in [-0.39, 0.29) is 0 Å². The molecule has 80 valence electrons. The first-order valence-corrected chi connectivity index (χ1v) is 5.38. The zero-order chi connectivity index (χ0) is 10.5. The molecule has 1 aromatic carbocycles. The van der Waals surface area contributed by atoms with Crippen molar-refractivity contribution >= 4 is 5.84 Å². The summed E-state index contributed by atoms with van der Waals surface area (Å²) in [6.45, 7) is 1.41. The number of hydrogen-bond donors (Lipinski definition) is 1. The van der Waals surface area contributed by atoms with Gasteiger partial charge in [0.2, 0.25) is 0 Å². The Labute approximate surface area is 90.1 Å². The molecule has 0 bridgehead atoms.